The molecule has 0 radical (unpaired) electrons. The minimum Gasteiger partial charge on any atom is -0.493 e. The average Bonchev–Trinajstić information content (AvgIpc) is 2.85. The van der Waals surface area contributed by atoms with Crippen LogP contribution in [-0.4, -0.2) is 82.5 Å². The lowest BCUT2D eigenvalue weighted by Crippen LogP contribution is -2.49. The van der Waals surface area contributed by atoms with Crippen molar-refractivity contribution in [1.82, 2.24) is 9.80 Å². The minimum atomic E-state index is -4.52. The number of carbonyl (C=O) groups excluding carboxylic acids is 1. The van der Waals surface area contributed by atoms with Crippen molar-refractivity contribution in [3.8, 4) is 11.5 Å². The third kappa shape index (κ3) is 7.33. The molecule has 1 unspecified atom stereocenters. The van der Waals surface area contributed by atoms with Crippen LogP contribution in [0.2, 0.25) is 0 Å². The van der Waals surface area contributed by atoms with Crippen LogP contribution >= 0.6 is 0 Å². The number of methoxy groups -OCH3 is 3. The fourth-order valence-corrected chi connectivity index (χ4v) is 4.01. The minimum absolute atomic E-state index is 0.0195. The summed E-state index contributed by atoms with van der Waals surface area (Å²) in [6, 6.07) is 10.2. The van der Waals surface area contributed by atoms with E-state index < -0.39 is 17.6 Å². The summed E-state index contributed by atoms with van der Waals surface area (Å²) in [7, 11) is 4.68. The summed E-state index contributed by atoms with van der Waals surface area (Å²) in [5, 5.41) is 0. The fourth-order valence-electron chi connectivity index (χ4n) is 4.01. The van der Waals surface area contributed by atoms with Crippen LogP contribution in [-0.2, 0) is 22.2 Å². The van der Waals surface area contributed by atoms with Gasteiger partial charge < -0.3 is 23.8 Å². The third-order valence-corrected chi connectivity index (χ3v) is 5.79. The number of morpholine rings is 1. The predicted octanol–water partition coefficient (Wildman–Crippen LogP) is 3.71. The smallest absolute Gasteiger partial charge is 0.416 e. The summed E-state index contributed by atoms with van der Waals surface area (Å²) in [6.45, 7) is 3.14. The van der Waals surface area contributed by atoms with E-state index in [2.05, 4.69) is 4.90 Å². The van der Waals surface area contributed by atoms with E-state index in [1.165, 1.54) is 24.1 Å². The van der Waals surface area contributed by atoms with Gasteiger partial charge in [-0.15, -0.1) is 0 Å². The maximum atomic E-state index is 13.1. The molecule has 1 atom stereocenters. The molecule has 1 aliphatic heterocycles. The topological polar surface area (TPSA) is 60.5 Å². The molecule has 1 amide bonds. The highest BCUT2D eigenvalue weighted by Gasteiger charge is 2.32. The Hall–Kier alpha value is -2.82. The maximum absolute atomic E-state index is 13.1. The van der Waals surface area contributed by atoms with Crippen molar-refractivity contribution in [2.45, 2.75) is 18.8 Å². The second-order valence-electron chi connectivity index (χ2n) is 8.24. The van der Waals surface area contributed by atoms with Crippen LogP contribution in [0.5, 0.6) is 11.5 Å². The van der Waals surface area contributed by atoms with Crippen LogP contribution in [0.1, 0.15) is 21.5 Å². The van der Waals surface area contributed by atoms with Crippen molar-refractivity contribution in [3.05, 3.63) is 59.2 Å². The highest BCUT2D eigenvalue weighted by Crippen LogP contribution is 2.30. The average molecular weight is 497 g/mol. The molecule has 2 aromatic carbocycles. The number of benzene rings is 2. The summed E-state index contributed by atoms with van der Waals surface area (Å²) in [5.41, 5.74) is 0.165. The monoisotopic (exact) mass is 496 g/mol. The zero-order valence-electron chi connectivity index (χ0n) is 20.1. The maximum Gasteiger partial charge on any atom is 0.416 e. The van der Waals surface area contributed by atoms with Gasteiger partial charge >= 0.3 is 6.18 Å². The highest BCUT2D eigenvalue weighted by atomic mass is 19.4. The SMILES string of the molecule is COCCN(CC1CN(Cc2ccc(OC)c(OC)c2)CCO1)C(=O)c1cccc(C(F)(F)F)c1. The van der Waals surface area contributed by atoms with Crippen LogP contribution in [0, 0.1) is 0 Å². The number of ether oxygens (including phenoxy) is 4. The molecule has 2 aromatic rings. The lowest BCUT2D eigenvalue weighted by Gasteiger charge is -2.36. The van der Waals surface area contributed by atoms with E-state index in [9.17, 15) is 18.0 Å². The van der Waals surface area contributed by atoms with Gasteiger partial charge in [-0.1, -0.05) is 12.1 Å². The Kier molecular flexibility index (Phi) is 9.36. The molecule has 0 saturated carbocycles. The van der Waals surface area contributed by atoms with E-state index in [0.29, 0.717) is 37.7 Å². The van der Waals surface area contributed by atoms with Crippen LogP contribution in [0.15, 0.2) is 42.5 Å². The fraction of sp³-hybridized carbons (Fsp3) is 0.480. The number of amides is 1. The second-order valence-corrected chi connectivity index (χ2v) is 8.24. The Balaban J connectivity index is 1.69. The molecule has 0 spiro atoms. The molecule has 192 valence electrons. The molecule has 0 bridgehead atoms. The quantitative estimate of drug-likeness (QED) is 0.500. The van der Waals surface area contributed by atoms with Gasteiger partial charge in [0.2, 0.25) is 0 Å². The Morgan fingerprint density at radius 2 is 1.89 bits per heavy atom. The molecule has 1 heterocycles. The van der Waals surface area contributed by atoms with Gasteiger partial charge in [0.15, 0.2) is 11.5 Å². The Bertz CT molecular complexity index is 986. The number of nitrogens with zero attached hydrogens (tertiary/aromatic N) is 2. The van der Waals surface area contributed by atoms with Gasteiger partial charge in [0.25, 0.3) is 5.91 Å². The Morgan fingerprint density at radius 1 is 1.11 bits per heavy atom. The standard InChI is InChI=1S/C25H31F3N2O5/c1-32-11-10-30(24(31)19-5-4-6-20(14-19)25(26,27)28)17-21-16-29(9-12-35-21)15-18-7-8-22(33-2)23(13-18)34-3/h4-8,13-14,21H,9-12,15-17H2,1-3H3. The number of carbonyl (C=O) groups is 1. The summed E-state index contributed by atoms with van der Waals surface area (Å²) in [5.74, 6) is 0.805. The number of hydrogen-bond acceptors (Lipinski definition) is 6. The first-order valence-electron chi connectivity index (χ1n) is 11.3. The second kappa shape index (κ2) is 12.2. The van der Waals surface area contributed by atoms with Gasteiger partial charge in [-0.05, 0) is 35.9 Å². The third-order valence-electron chi connectivity index (χ3n) is 5.79. The molecule has 3 rings (SSSR count). The summed E-state index contributed by atoms with van der Waals surface area (Å²) >= 11 is 0. The van der Waals surface area contributed by atoms with Crippen LogP contribution in [0.25, 0.3) is 0 Å². The number of rotatable bonds is 10. The molecular weight excluding hydrogens is 465 g/mol. The molecule has 0 aliphatic carbocycles. The molecule has 35 heavy (non-hydrogen) atoms. The van der Waals surface area contributed by atoms with Crippen LogP contribution in [0.3, 0.4) is 0 Å². The molecule has 0 N–H and O–H groups in total. The van der Waals surface area contributed by atoms with E-state index >= 15 is 0 Å². The van der Waals surface area contributed by atoms with Crippen molar-refractivity contribution in [3.63, 3.8) is 0 Å². The normalized spacial score (nSPS) is 16.7. The lowest BCUT2D eigenvalue weighted by molar-refractivity contribution is -0.137. The number of alkyl halides is 3. The van der Waals surface area contributed by atoms with Gasteiger partial charge in [-0.25, -0.2) is 0 Å². The van der Waals surface area contributed by atoms with Gasteiger partial charge in [-0.2, -0.15) is 13.2 Å². The molecule has 1 saturated heterocycles. The van der Waals surface area contributed by atoms with Gasteiger partial charge in [0, 0.05) is 45.4 Å². The Labute approximate surface area is 203 Å². The summed E-state index contributed by atoms with van der Waals surface area (Å²) in [4.78, 5) is 16.8. The molecule has 0 aromatic heterocycles. The van der Waals surface area contributed by atoms with Crippen molar-refractivity contribution in [1.29, 1.82) is 0 Å². The van der Waals surface area contributed by atoms with Gasteiger partial charge in [0.05, 0.1) is 39.1 Å². The lowest BCUT2D eigenvalue weighted by atomic mass is 10.1. The van der Waals surface area contributed by atoms with Crippen LogP contribution < -0.4 is 9.47 Å². The largest absolute Gasteiger partial charge is 0.493 e. The molecule has 1 aliphatic rings. The van der Waals surface area contributed by atoms with E-state index in [0.717, 1.165) is 17.7 Å². The number of hydrogen-bond donors (Lipinski definition) is 0. The van der Waals surface area contributed by atoms with E-state index in [-0.39, 0.29) is 31.4 Å². The van der Waals surface area contributed by atoms with Gasteiger partial charge in [0.1, 0.15) is 0 Å². The summed E-state index contributed by atoms with van der Waals surface area (Å²) in [6.07, 6.45) is -4.82. The van der Waals surface area contributed by atoms with Crippen molar-refractivity contribution in [2.24, 2.45) is 0 Å². The van der Waals surface area contributed by atoms with Crippen LogP contribution in [0.4, 0.5) is 13.2 Å². The zero-order valence-corrected chi connectivity index (χ0v) is 20.1. The first-order chi connectivity index (χ1) is 16.7. The molecule has 10 heteroatoms. The van der Waals surface area contributed by atoms with E-state index in [1.807, 2.05) is 18.2 Å². The number of halogens is 3. The molecular formula is C25H31F3N2O5. The molecule has 7 nitrogen and oxygen atoms in total. The van der Waals surface area contributed by atoms with Crippen molar-refractivity contribution in [2.75, 3.05) is 60.7 Å². The van der Waals surface area contributed by atoms with E-state index in [1.54, 1.807) is 14.2 Å². The zero-order chi connectivity index (χ0) is 25.4. The Morgan fingerprint density at radius 3 is 2.57 bits per heavy atom. The van der Waals surface area contributed by atoms with Gasteiger partial charge in [-0.3, -0.25) is 9.69 Å². The highest BCUT2D eigenvalue weighted by molar-refractivity contribution is 5.94. The first-order valence-corrected chi connectivity index (χ1v) is 11.3. The predicted molar refractivity (Wildman–Crippen MR) is 124 cm³/mol. The first kappa shape index (κ1) is 26.8. The van der Waals surface area contributed by atoms with E-state index in [4.69, 9.17) is 18.9 Å². The van der Waals surface area contributed by atoms with Crippen molar-refractivity contribution >= 4 is 5.91 Å². The molecule has 1 fully saturated rings. The van der Waals surface area contributed by atoms with Crippen molar-refractivity contribution < 1.29 is 36.9 Å². The summed E-state index contributed by atoms with van der Waals surface area (Å²) < 4.78 is 61.1.